The van der Waals surface area contributed by atoms with Crippen molar-refractivity contribution in [1.82, 2.24) is 14.5 Å². The normalized spacial score (nSPS) is 11.2. The van der Waals surface area contributed by atoms with E-state index in [9.17, 15) is 14.3 Å². The van der Waals surface area contributed by atoms with Crippen LogP contribution in [-0.4, -0.2) is 25.5 Å². The van der Waals surface area contributed by atoms with Gasteiger partial charge in [-0.2, -0.15) is 0 Å². The summed E-state index contributed by atoms with van der Waals surface area (Å²) in [4.78, 5) is 19.3. The Bertz CT molecular complexity index is 1180. The minimum Gasteiger partial charge on any atom is -0.376 e. The van der Waals surface area contributed by atoms with Crippen LogP contribution in [0.2, 0.25) is 5.02 Å². The van der Waals surface area contributed by atoms with Crippen molar-refractivity contribution in [1.29, 1.82) is 0 Å². The molecule has 0 aliphatic carbocycles. The number of pyridine rings is 1. The van der Waals surface area contributed by atoms with Gasteiger partial charge in [0.05, 0.1) is 22.0 Å². The van der Waals surface area contributed by atoms with E-state index in [-0.39, 0.29) is 21.8 Å². The first-order chi connectivity index (χ1) is 13.0. The number of nitrogens with one attached hydrogen (secondary N) is 1. The van der Waals surface area contributed by atoms with Crippen LogP contribution in [0.4, 0.5) is 4.39 Å². The number of amides is 1. The number of hydrogen-bond donors (Lipinski definition) is 3. The maximum Gasteiger partial charge on any atom is 0.250 e. The van der Waals surface area contributed by atoms with Gasteiger partial charge in [-0.1, -0.05) is 17.7 Å². The number of nitrogens with zero attached hydrogens (tertiary/aromatic N) is 2. The molecule has 8 heteroatoms. The van der Waals surface area contributed by atoms with Gasteiger partial charge < -0.3 is 20.4 Å². The van der Waals surface area contributed by atoms with Crippen molar-refractivity contribution in [2.24, 2.45) is 5.73 Å². The van der Waals surface area contributed by atoms with E-state index in [0.717, 1.165) is 5.39 Å². The summed E-state index contributed by atoms with van der Waals surface area (Å²) in [6.45, 7) is -0.488. The van der Waals surface area contributed by atoms with Crippen molar-refractivity contribution >= 4 is 28.5 Å². The summed E-state index contributed by atoms with van der Waals surface area (Å²) < 4.78 is 16.1. The van der Waals surface area contributed by atoms with Gasteiger partial charge in [-0.05, 0) is 30.3 Å². The third-order valence-corrected chi connectivity index (χ3v) is 4.74. The second kappa shape index (κ2) is 6.53. The van der Waals surface area contributed by atoms with E-state index in [4.69, 9.17) is 17.3 Å². The topological polar surface area (TPSA) is 96.9 Å². The molecule has 6 nitrogen and oxygen atoms in total. The summed E-state index contributed by atoms with van der Waals surface area (Å²) in [7, 11) is 0. The van der Waals surface area contributed by atoms with Gasteiger partial charge in [-0.25, -0.2) is 9.37 Å². The molecule has 0 saturated heterocycles. The lowest BCUT2D eigenvalue weighted by atomic mass is 10.1. The number of rotatable bonds is 4. The van der Waals surface area contributed by atoms with Crippen LogP contribution < -0.4 is 5.73 Å². The highest BCUT2D eigenvalue weighted by Gasteiger charge is 2.24. The molecule has 3 heterocycles. The monoisotopic (exact) mass is 384 g/mol. The lowest BCUT2D eigenvalue weighted by Gasteiger charge is -2.13. The summed E-state index contributed by atoms with van der Waals surface area (Å²) >= 11 is 5.90. The molecule has 1 amide bonds. The predicted octanol–water partition coefficient (Wildman–Crippen LogP) is 3.54. The lowest BCUT2D eigenvalue weighted by molar-refractivity contribution is 0.100. The molecule has 0 spiro atoms. The Morgan fingerprint density at radius 3 is 2.85 bits per heavy atom. The number of fused-ring (bicyclic) bond motifs is 1. The van der Waals surface area contributed by atoms with E-state index < -0.39 is 18.5 Å². The molecule has 136 valence electrons. The zero-order chi connectivity index (χ0) is 19.1. The van der Waals surface area contributed by atoms with Gasteiger partial charge in [0.2, 0.25) is 0 Å². The van der Waals surface area contributed by atoms with Gasteiger partial charge in [0.1, 0.15) is 12.4 Å². The fraction of sp³-hybridized carbons (Fsp3) is 0.0526. The molecule has 4 rings (SSSR count). The van der Waals surface area contributed by atoms with Crippen molar-refractivity contribution in [2.45, 2.75) is 6.73 Å². The zero-order valence-corrected chi connectivity index (χ0v) is 14.7. The highest BCUT2D eigenvalue weighted by atomic mass is 35.5. The number of carbonyl (C=O) groups excluding carboxylic acids is 1. The molecule has 0 aliphatic heterocycles. The Morgan fingerprint density at radius 1 is 1.30 bits per heavy atom. The predicted molar refractivity (Wildman–Crippen MR) is 101 cm³/mol. The van der Waals surface area contributed by atoms with Crippen LogP contribution in [0, 0.1) is 5.82 Å². The van der Waals surface area contributed by atoms with E-state index in [1.165, 1.54) is 22.8 Å². The molecule has 0 saturated carbocycles. The molecule has 27 heavy (non-hydrogen) atoms. The number of aliphatic hydroxyl groups is 1. The van der Waals surface area contributed by atoms with Gasteiger partial charge in [0.15, 0.2) is 5.82 Å². The van der Waals surface area contributed by atoms with Crippen molar-refractivity contribution < 1.29 is 14.3 Å². The standard InChI is InChI=1S/C19H14ClFN4O2/c20-14-3-1-2-12(16(14)21)17-13(18(22)27)8-15(25(17)9-26)10-4-6-23-19-11(10)5-7-24-19/h1-8,26H,9H2,(H2,22,27)(H,23,24). The van der Waals surface area contributed by atoms with Crippen LogP contribution in [0.15, 0.2) is 48.8 Å². The maximum atomic E-state index is 14.7. The molecule has 3 aromatic heterocycles. The fourth-order valence-corrected chi connectivity index (χ4v) is 3.44. The van der Waals surface area contributed by atoms with Crippen molar-refractivity contribution in [2.75, 3.05) is 0 Å². The molecular formula is C19H14ClFN4O2. The van der Waals surface area contributed by atoms with Gasteiger partial charge in [0, 0.05) is 28.9 Å². The Morgan fingerprint density at radius 2 is 2.11 bits per heavy atom. The number of aliphatic hydroxyl groups excluding tert-OH is 1. The first-order valence-electron chi connectivity index (χ1n) is 8.04. The fourth-order valence-electron chi connectivity index (χ4n) is 3.27. The van der Waals surface area contributed by atoms with E-state index in [0.29, 0.717) is 16.9 Å². The van der Waals surface area contributed by atoms with Gasteiger partial charge in [-0.3, -0.25) is 4.79 Å². The molecule has 0 fully saturated rings. The molecular weight excluding hydrogens is 371 g/mol. The second-order valence-electron chi connectivity index (χ2n) is 5.93. The van der Waals surface area contributed by atoms with Crippen molar-refractivity contribution in [3.05, 3.63) is 65.2 Å². The molecule has 0 unspecified atom stereocenters. The molecule has 0 bridgehead atoms. The summed E-state index contributed by atoms with van der Waals surface area (Å²) in [5.41, 5.74) is 7.74. The number of benzene rings is 1. The summed E-state index contributed by atoms with van der Waals surface area (Å²) in [5, 5.41) is 10.7. The summed E-state index contributed by atoms with van der Waals surface area (Å²) in [6.07, 6.45) is 3.34. The SMILES string of the molecule is NC(=O)c1cc(-c2ccnc3[nH]ccc23)n(CO)c1-c1cccc(Cl)c1F. The molecule has 4 N–H and O–H groups in total. The number of primary amides is 1. The number of halogens is 2. The first kappa shape index (κ1) is 17.3. The quantitative estimate of drug-likeness (QED) is 0.502. The number of nitrogens with two attached hydrogens (primary N) is 1. The number of hydrogen-bond acceptors (Lipinski definition) is 3. The smallest absolute Gasteiger partial charge is 0.250 e. The number of carbonyl (C=O) groups is 1. The Balaban J connectivity index is 2.08. The van der Waals surface area contributed by atoms with Gasteiger partial charge >= 0.3 is 0 Å². The number of aromatic nitrogens is 3. The molecule has 0 aliphatic rings. The van der Waals surface area contributed by atoms with Crippen molar-refractivity contribution in [3.63, 3.8) is 0 Å². The van der Waals surface area contributed by atoms with Crippen molar-refractivity contribution in [3.8, 4) is 22.5 Å². The van der Waals surface area contributed by atoms with E-state index >= 15 is 0 Å². The Labute approximate surface area is 158 Å². The number of H-pyrrole nitrogens is 1. The van der Waals surface area contributed by atoms with E-state index in [2.05, 4.69) is 9.97 Å². The highest BCUT2D eigenvalue weighted by Crippen LogP contribution is 2.37. The molecule has 0 atom stereocenters. The highest BCUT2D eigenvalue weighted by molar-refractivity contribution is 6.31. The van der Waals surface area contributed by atoms with Crippen LogP contribution >= 0.6 is 11.6 Å². The largest absolute Gasteiger partial charge is 0.376 e. The minimum absolute atomic E-state index is 0.0796. The van der Waals surface area contributed by atoms with Gasteiger partial charge in [0.25, 0.3) is 5.91 Å². The summed E-state index contributed by atoms with van der Waals surface area (Å²) in [5.74, 6) is -1.43. The van der Waals surface area contributed by atoms with Crippen LogP contribution in [-0.2, 0) is 6.73 Å². The maximum absolute atomic E-state index is 14.7. The van der Waals surface area contributed by atoms with Crippen LogP contribution in [0.3, 0.4) is 0 Å². The Kier molecular flexibility index (Phi) is 4.18. The van der Waals surface area contributed by atoms with Crippen LogP contribution in [0.25, 0.3) is 33.5 Å². The average molecular weight is 385 g/mol. The second-order valence-corrected chi connectivity index (χ2v) is 6.33. The van der Waals surface area contributed by atoms with Crippen LogP contribution in [0.1, 0.15) is 10.4 Å². The third kappa shape index (κ3) is 2.68. The average Bonchev–Trinajstić information content (AvgIpc) is 3.28. The van der Waals surface area contributed by atoms with Gasteiger partial charge in [-0.15, -0.1) is 0 Å². The molecule has 4 aromatic rings. The van der Waals surface area contributed by atoms with E-state index in [1.807, 2.05) is 6.07 Å². The molecule has 0 radical (unpaired) electrons. The van der Waals surface area contributed by atoms with Crippen LogP contribution in [0.5, 0.6) is 0 Å². The van der Waals surface area contributed by atoms with E-state index in [1.54, 1.807) is 24.5 Å². The zero-order valence-electron chi connectivity index (χ0n) is 13.9. The minimum atomic E-state index is -0.739. The third-order valence-electron chi connectivity index (χ3n) is 4.45. The lowest BCUT2D eigenvalue weighted by Crippen LogP contribution is -2.13. The first-order valence-corrected chi connectivity index (χ1v) is 8.41. The Hall–Kier alpha value is -3.16. The molecule has 1 aromatic carbocycles. The number of aromatic amines is 1. The summed E-state index contributed by atoms with van der Waals surface area (Å²) in [6, 6.07) is 9.57.